The normalized spacial score (nSPS) is 12.1. The molecule has 0 radical (unpaired) electrons. The minimum absolute atomic E-state index is 0.0324. The molecule has 0 aliphatic rings. The summed E-state index contributed by atoms with van der Waals surface area (Å²) in [6, 6.07) is 9.10. The molecule has 0 bridgehead atoms. The maximum atomic E-state index is 14.2. The molecule has 186 valence electrons. The highest BCUT2D eigenvalue weighted by Crippen LogP contribution is 2.38. The zero-order valence-corrected chi connectivity index (χ0v) is 20.9. The van der Waals surface area contributed by atoms with Crippen LogP contribution >= 0.6 is 11.9 Å². The van der Waals surface area contributed by atoms with Gasteiger partial charge in [0, 0.05) is 18.7 Å². The molecule has 0 spiro atoms. The number of furan rings is 1. The average Bonchev–Trinajstić information content (AvgIpc) is 3.64. The van der Waals surface area contributed by atoms with Gasteiger partial charge in [-0.2, -0.15) is 0 Å². The number of methoxy groups -OCH3 is 2. The van der Waals surface area contributed by atoms with Crippen LogP contribution in [0.4, 0.5) is 10.3 Å². The Labute approximate surface area is 210 Å². The maximum absolute atomic E-state index is 14.2. The van der Waals surface area contributed by atoms with Crippen LogP contribution < -0.4 is 14.2 Å². The predicted molar refractivity (Wildman–Crippen MR) is 135 cm³/mol. The lowest BCUT2D eigenvalue weighted by Crippen LogP contribution is -2.11. The summed E-state index contributed by atoms with van der Waals surface area (Å²) < 4.78 is 37.9. The minimum atomic E-state index is -0.392. The van der Waals surface area contributed by atoms with E-state index in [2.05, 4.69) is 24.9 Å². The van der Waals surface area contributed by atoms with Crippen molar-refractivity contribution < 1.29 is 18.3 Å². The van der Waals surface area contributed by atoms with Crippen LogP contribution in [-0.4, -0.2) is 48.8 Å². The Morgan fingerprint density at radius 1 is 1.11 bits per heavy atom. The number of aryl methyl sites for hydroxylation is 1. The molecule has 1 unspecified atom stereocenters. The molecule has 4 aromatic heterocycles. The van der Waals surface area contributed by atoms with E-state index in [1.807, 2.05) is 25.1 Å². The van der Waals surface area contributed by atoms with Gasteiger partial charge in [0.25, 0.3) is 0 Å². The molecular weight excluding hydrogens is 485 g/mol. The number of hydrogen-bond acceptors (Lipinski definition) is 9. The number of nitrogens with zero attached hydrogens (tertiary/aromatic N) is 6. The monoisotopic (exact) mass is 509 g/mol. The third-order valence-corrected chi connectivity index (χ3v) is 6.50. The van der Waals surface area contributed by atoms with Gasteiger partial charge in [0.1, 0.15) is 28.2 Å². The summed E-state index contributed by atoms with van der Waals surface area (Å²) in [5, 5.41) is 8.77. The summed E-state index contributed by atoms with van der Waals surface area (Å²) in [5.41, 5.74) is 2.35. The largest absolute Gasteiger partial charge is 0.494 e. The molecule has 0 saturated carbocycles. The van der Waals surface area contributed by atoms with Crippen molar-refractivity contribution in [1.29, 1.82) is 0 Å². The summed E-state index contributed by atoms with van der Waals surface area (Å²) in [6.45, 7) is 2.04. The lowest BCUT2D eigenvalue weighted by Gasteiger charge is -2.18. The summed E-state index contributed by atoms with van der Waals surface area (Å²) >= 11 is 1.44. The molecule has 5 rings (SSSR count). The number of fused-ring (bicyclic) bond motifs is 1. The fourth-order valence-corrected chi connectivity index (χ4v) is 4.66. The smallest absolute Gasteiger partial charge is 0.239 e. The quantitative estimate of drug-likeness (QED) is 0.284. The van der Waals surface area contributed by atoms with Crippen LogP contribution in [0.2, 0.25) is 0 Å². The van der Waals surface area contributed by atoms with Gasteiger partial charge < -0.3 is 18.5 Å². The molecule has 4 heterocycles. The Hall–Kier alpha value is -4.06. The minimum Gasteiger partial charge on any atom is -0.494 e. The fraction of sp³-hybridized carbons (Fsp3) is 0.250. The van der Waals surface area contributed by atoms with Crippen molar-refractivity contribution >= 4 is 28.9 Å². The van der Waals surface area contributed by atoms with E-state index in [-0.39, 0.29) is 5.25 Å². The first-order valence-electron chi connectivity index (χ1n) is 11.1. The number of aromatic nitrogens is 6. The first-order chi connectivity index (χ1) is 17.5. The second-order valence-corrected chi connectivity index (χ2v) is 9.26. The third-order valence-electron chi connectivity index (χ3n) is 5.63. The topological polar surface area (TPSA) is 105 Å². The van der Waals surface area contributed by atoms with Crippen LogP contribution in [0.25, 0.3) is 28.3 Å². The van der Waals surface area contributed by atoms with Crippen LogP contribution in [0.5, 0.6) is 11.5 Å². The average molecular weight is 510 g/mol. The molecule has 0 aliphatic carbocycles. The van der Waals surface area contributed by atoms with Crippen molar-refractivity contribution in [3.8, 4) is 28.8 Å². The zero-order valence-electron chi connectivity index (χ0n) is 20.1. The van der Waals surface area contributed by atoms with E-state index in [1.54, 1.807) is 55.1 Å². The molecule has 0 amide bonds. The van der Waals surface area contributed by atoms with E-state index in [0.29, 0.717) is 52.2 Å². The van der Waals surface area contributed by atoms with Gasteiger partial charge in [-0.3, -0.25) is 14.3 Å². The van der Waals surface area contributed by atoms with Gasteiger partial charge in [-0.05, 0) is 36.2 Å². The molecule has 0 aliphatic heterocycles. The van der Waals surface area contributed by atoms with E-state index < -0.39 is 5.82 Å². The number of imidazole rings is 1. The van der Waals surface area contributed by atoms with Crippen molar-refractivity contribution in [1.82, 2.24) is 29.3 Å². The molecule has 5 aromatic rings. The van der Waals surface area contributed by atoms with Gasteiger partial charge in [-0.1, -0.05) is 13.0 Å². The molecule has 0 fully saturated rings. The number of nitrogens with one attached hydrogen (secondary N) is 1. The van der Waals surface area contributed by atoms with Gasteiger partial charge in [0.2, 0.25) is 11.8 Å². The number of rotatable bonds is 9. The summed E-state index contributed by atoms with van der Waals surface area (Å²) in [7, 11) is 4.94. The van der Waals surface area contributed by atoms with Crippen LogP contribution in [0, 0.1) is 5.82 Å². The summed E-state index contributed by atoms with van der Waals surface area (Å²) in [4.78, 5) is 8.63. The lowest BCUT2D eigenvalue weighted by atomic mass is 10.2. The van der Waals surface area contributed by atoms with Crippen LogP contribution in [0.1, 0.15) is 12.6 Å². The lowest BCUT2D eigenvalue weighted by molar-refractivity contribution is 0.391. The Morgan fingerprint density at radius 2 is 1.89 bits per heavy atom. The van der Waals surface area contributed by atoms with Gasteiger partial charge in [-0.15, -0.1) is 10.2 Å². The van der Waals surface area contributed by atoms with Crippen LogP contribution in [0.3, 0.4) is 0 Å². The molecular formula is C24H24FN7O3S. The molecule has 0 saturated heterocycles. The molecule has 1 atom stereocenters. The Morgan fingerprint density at radius 3 is 2.58 bits per heavy atom. The first kappa shape index (κ1) is 23.7. The van der Waals surface area contributed by atoms with Gasteiger partial charge in [-0.25, -0.2) is 9.37 Å². The Balaban J connectivity index is 1.46. The molecule has 1 N–H and O–H groups in total. The van der Waals surface area contributed by atoms with Crippen molar-refractivity contribution in [2.45, 2.75) is 18.6 Å². The highest BCUT2D eigenvalue weighted by molar-refractivity contribution is 8.01. The number of anilines is 1. The maximum Gasteiger partial charge on any atom is 0.239 e. The molecule has 10 nitrogen and oxygen atoms in total. The summed E-state index contributed by atoms with van der Waals surface area (Å²) in [5.74, 6) is 2.24. The first-order valence-corrected chi connectivity index (χ1v) is 12.0. The SMILES string of the molecule is COc1cccc(OC)c1-n1c(NSC(C)Cc2ncc(F)c3c2ncn3C)nnc1-c1ccco1. The second kappa shape index (κ2) is 9.90. The van der Waals surface area contributed by atoms with Gasteiger partial charge in [0.05, 0.1) is 38.7 Å². The van der Waals surface area contributed by atoms with Crippen molar-refractivity contribution in [3.63, 3.8) is 0 Å². The highest BCUT2D eigenvalue weighted by atomic mass is 32.2. The molecule has 36 heavy (non-hydrogen) atoms. The fourth-order valence-electron chi connectivity index (χ4n) is 3.98. The number of pyridine rings is 1. The molecule has 1 aromatic carbocycles. The number of ether oxygens (including phenoxy) is 2. The Bertz CT molecular complexity index is 1480. The van der Waals surface area contributed by atoms with E-state index in [9.17, 15) is 4.39 Å². The standard InChI is InChI=1S/C24H24FN7O3S/c1-14(11-16-20-21(15(25)12-26-16)31(2)13-27-20)36-30-24-29-28-23(19-9-6-10-35-19)32(24)22-17(33-3)7-5-8-18(22)34-4/h5-10,12-14H,11H2,1-4H3,(H,29,30). The number of para-hydroxylation sites is 1. The van der Waals surface area contributed by atoms with E-state index in [4.69, 9.17) is 13.9 Å². The Kier molecular flexibility index (Phi) is 6.51. The number of halogens is 1. The zero-order chi connectivity index (χ0) is 25.2. The van der Waals surface area contributed by atoms with Gasteiger partial charge >= 0.3 is 0 Å². The van der Waals surface area contributed by atoms with E-state index >= 15 is 0 Å². The summed E-state index contributed by atoms with van der Waals surface area (Å²) in [6.07, 6.45) is 4.97. The van der Waals surface area contributed by atoms with Crippen molar-refractivity contribution in [2.24, 2.45) is 7.05 Å². The van der Waals surface area contributed by atoms with Crippen LogP contribution in [-0.2, 0) is 13.5 Å². The van der Waals surface area contributed by atoms with E-state index in [0.717, 1.165) is 5.69 Å². The van der Waals surface area contributed by atoms with Crippen LogP contribution in [0.15, 0.2) is 53.5 Å². The number of hydrogen-bond donors (Lipinski definition) is 1. The van der Waals surface area contributed by atoms with Gasteiger partial charge in [0.15, 0.2) is 11.6 Å². The van der Waals surface area contributed by atoms with E-state index in [1.165, 1.54) is 18.1 Å². The van der Waals surface area contributed by atoms with Crippen molar-refractivity contribution in [2.75, 3.05) is 18.9 Å². The number of benzene rings is 1. The molecule has 12 heteroatoms. The highest BCUT2D eigenvalue weighted by Gasteiger charge is 2.24. The predicted octanol–water partition coefficient (Wildman–Crippen LogP) is 4.66. The second-order valence-electron chi connectivity index (χ2n) is 8.01. The third kappa shape index (κ3) is 4.24. The van der Waals surface area contributed by atoms with Crippen molar-refractivity contribution in [3.05, 3.63) is 60.6 Å².